The first-order valence-corrected chi connectivity index (χ1v) is 7.28. The van der Waals surface area contributed by atoms with Gasteiger partial charge in [-0.05, 0) is 50.8 Å². The number of hydrogen-bond donors (Lipinski definition) is 1. The predicted molar refractivity (Wildman–Crippen MR) is 73.3 cm³/mol. The molecule has 1 aromatic rings. The van der Waals surface area contributed by atoms with Crippen molar-refractivity contribution in [1.82, 2.24) is 4.72 Å². The van der Waals surface area contributed by atoms with E-state index in [1.165, 1.54) is 0 Å². The third kappa shape index (κ3) is 2.54. The molecular formula is C14H18N2OS. The molecule has 0 saturated carbocycles. The molecule has 3 nitrogen and oxygen atoms in total. The minimum Gasteiger partial charge on any atom is -0.598 e. The highest BCUT2D eigenvalue weighted by molar-refractivity contribution is 7.90. The first kappa shape index (κ1) is 13.4. The summed E-state index contributed by atoms with van der Waals surface area (Å²) in [5, 5.41) is 9.07. The number of fused-ring (bicyclic) bond motifs is 1. The zero-order valence-corrected chi connectivity index (χ0v) is 11.8. The Morgan fingerprint density at radius 1 is 1.44 bits per heavy atom. The summed E-state index contributed by atoms with van der Waals surface area (Å²) in [5.74, 6) is 0. The summed E-state index contributed by atoms with van der Waals surface area (Å²) < 4.78 is 15.0. The number of nitriles is 1. The molecule has 96 valence electrons. The predicted octanol–water partition coefficient (Wildman–Crippen LogP) is 2.60. The summed E-state index contributed by atoms with van der Waals surface area (Å²) in [6.07, 6.45) is 1.80. The molecule has 0 radical (unpaired) electrons. The van der Waals surface area contributed by atoms with Gasteiger partial charge in [0.2, 0.25) is 0 Å². The van der Waals surface area contributed by atoms with Crippen LogP contribution < -0.4 is 4.72 Å². The average molecular weight is 262 g/mol. The molecule has 0 spiro atoms. The second-order valence-electron chi connectivity index (χ2n) is 5.58. The lowest BCUT2D eigenvalue weighted by molar-refractivity contribution is 0.522. The summed E-state index contributed by atoms with van der Waals surface area (Å²) in [6.45, 7) is 5.87. The Bertz CT molecular complexity index is 488. The van der Waals surface area contributed by atoms with Crippen LogP contribution in [0.4, 0.5) is 0 Å². The molecule has 18 heavy (non-hydrogen) atoms. The lowest BCUT2D eigenvalue weighted by atomic mass is 10.0. The lowest BCUT2D eigenvalue weighted by Gasteiger charge is -2.26. The van der Waals surface area contributed by atoms with Crippen molar-refractivity contribution in [3.63, 3.8) is 0 Å². The van der Waals surface area contributed by atoms with E-state index in [4.69, 9.17) is 5.26 Å². The van der Waals surface area contributed by atoms with Crippen molar-refractivity contribution >= 4 is 11.4 Å². The van der Waals surface area contributed by atoms with Gasteiger partial charge in [-0.15, -0.1) is 4.72 Å². The summed E-state index contributed by atoms with van der Waals surface area (Å²) >= 11 is -1.08. The molecule has 0 fully saturated rings. The molecule has 4 heteroatoms. The molecule has 1 aliphatic rings. The van der Waals surface area contributed by atoms with Crippen LogP contribution in [0.15, 0.2) is 18.2 Å². The first-order valence-electron chi connectivity index (χ1n) is 6.13. The van der Waals surface area contributed by atoms with E-state index >= 15 is 0 Å². The molecule has 1 aliphatic carbocycles. The number of nitrogens with zero attached hydrogens (tertiary/aromatic N) is 1. The van der Waals surface area contributed by atoms with Gasteiger partial charge < -0.3 is 4.55 Å². The van der Waals surface area contributed by atoms with Crippen molar-refractivity contribution in [3.8, 4) is 6.07 Å². The maximum Gasteiger partial charge on any atom is 0.136 e. The van der Waals surface area contributed by atoms with E-state index in [0.29, 0.717) is 0 Å². The largest absolute Gasteiger partial charge is 0.598 e. The smallest absolute Gasteiger partial charge is 0.136 e. The molecule has 1 aromatic carbocycles. The average Bonchev–Trinajstić information content (AvgIpc) is 2.71. The molecule has 0 saturated heterocycles. The van der Waals surface area contributed by atoms with Gasteiger partial charge in [-0.3, -0.25) is 0 Å². The quantitative estimate of drug-likeness (QED) is 0.833. The SMILES string of the molecule is CC(C)(C)[S@@+]([O-])N[C@H]1CCc2c(C#N)cccc21. The molecule has 0 amide bonds. The van der Waals surface area contributed by atoms with Crippen molar-refractivity contribution < 1.29 is 4.55 Å². The molecule has 1 N–H and O–H groups in total. The van der Waals surface area contributed by atoms with Crippen LogP contribution in [0, 0.1) is 11.3 Å². The van der Waals surface area contributed by atoms with Crippen LogP contribution in [-0.4, -0.2) is 9.30 Å². The second kappa shape index (κ2) is 4.93. The molecule has 0 aliphatic heterocycles. The van der Waals surface area contributed by atoms with Crippen LogP contribution in [-0.2, 0) is 17.8 Å². The third-order valence-corrected chi connectivity index (χ3v) is 4.81. The Labute approximate surface area is 112 Å². The van der Waals surface area contributed by atoms with Crippen molar-refractivity contribution in [1.29, 1.82) is 5.26 Å². The maximum atomic E-state index is 12.1. The van der Waals surface area contributed by atoms with Gasteiger partial charge in [0, 0.05) is 11.4 Å². The summed E-state index contributed by atoms with van der Waals surface area (Å²) in [7, 11) is 0. The van der Waals surface area contributed by atoms with Gasteiger partial charge in [0.25, 0.3) is 0 Å². The minimum absolute atomic E-state index is 0.105. The molecule has 0 unspecified atom stereocenters. The molecule has 0 heterocycles. The molecule has 0 aromatic heterocycles. The number of hydrogen-bond acceptors (Lipinski definition) is 3. The fourth-order valence-corrected chi connectivity index (χ4v) is 3.04. The monoisotopic (exact) mass is 262 g/mol. The lowest BCUT2D eigenvalue weighted by Crippen LogP contribution is -2.40. The topological polar surface area (TPSA) is 58.9 Å². The second-order valence-corrected chi connectivity index (χ2v) is 7.57. The Balaban J connectivity index is 2.21. The highest BCUT2D eigenvalue weighted by atomic mass is 32.2. The van der Waals surface area contributed by atoms with Crippen LogP contribution in [0.3, 0.4) is 0 Å². The van der Waals surface area contributed by atoms with E-state index in [0.717, 1.165) is 29.5 Å². The fourth-order valence-electron chi connectivity index (χ4n) is 2.19. The van der Waals surface area contributed by atoms with E-state index < -0.39 is 11.4 Å². The minimum atomic E-state index is -1.08. The zero-order valence-electron chi connectivity index (χ0n) is 11.0. The van der Waals surface area contributed by atoms with Gasteiger partial charge in [0.1, 0.15) is 4.75 Å². The van der Waals surface area contributed by atoms with Crippen molar-refractivity contribution in [3.05, 3.63) is 34.9 Å². The van der Waals surface area contributed by atoms with Gasteiger partial charge in [-0.1, -0.05) is 12.1 Å². The van der Waals surface area contributed by atoms with Gasteiger partial charge in [-0.2, -0.15) is 5.26 Å². The van der Waals surface area contributed by atoms with E-state index in [1.807, 2.05) is 39.0 Å². The molecule has 2 rings (SSSR count). The Morgan fingerprint density at radius 3 is 2.78 bits per heavy atom. The van der Waals surface area contributed by atoms with Crippen LogP contribution in [0.5, 0.6) is 0 Å². The van der Waals surface area contributed by atoms with Gasteiger partial charge >= 0.3 is 0 Å². The van der Waals surface area contributed by atoms with Crippen molar-refractivity contribution in [2.75, 3.05) is 0 Å². The van der Waals surface area contributed by atoms with Crippen LogP contribution in [0.25, 0.3) is 0 Å². The summed E-state index contributed by atoms with van der Waals surface area (Å²) in [6, 6.07) is 8.11. The Hall–Kier alpha value is -1.02. The van der Waals surface area contributed by atoms with Gasteiger partial charge in [0.15, 0.2) is 0 Å². The fraction of sp³-hybridized carbons (Fsp3) is 0.500. The third-order valence-electron chi connectivity index (χ3n) is 3.20. The summed E-state index contributed by atoms with van der Waals surface area (Å²) in [5.41, 5.74) is 2.99. The molecule has 0 bridgehead atoms. The first-order chi connectivity index (χ1) is 8.43. The van der Waals surface area contributed by atoms with E-state index in [-0.39, 0.29) is 10.8 Å². The van der Waals surface area contributed by atoms with Crippen LogP contribution in [0.2, 0.25) is 0 Å². The van der Waals surface area contributed by atoms with E-state index in [2.05, 4.69) is 10.8 Å². The van der Waals surface area contributed by atoms with Gasteiger partial charge in [0.05, 0.1) is 17.7 Å². The number of nitrogens with one attached hydrogen (secondary N) is 1. The van der Waals surface area contributed by atoms with Crippen molar-refractivity contribution in [2.45, 2.75) is 44.4 Å². The van der Waals surface area contributed by atoms with Crippen LogP contribution in [0.1, 0.15) is 49.9 Å². The Morgan fingerprint density at radius 2 is 2.17 bits per heavy atom. The number of benzene rings is 1. The Kier molecular flexibility index (Phi) is 3.67. The highest BCUT2D eigenvalue weighted by Gasteiger charge is 2.33. The van der Waals surface area contributed by atoms with E-state index in [1.54, 1.807) is 0 Å². The standard InChI is InChI=1S/C14H18N2OS/c1-14(2,3)18(17)16-13-8-7-11-10(9-15)5-4-6-12(11)13/h4-6,13,16H,7-8H2,1-3H3/t13-,18+/m0/s1. The van der Waals surface area contributed by atoms with Crippen LogP contribution >= 0.6 is 0 Å². The van der Waals surface area contributed by atoms with Crippen molar-refractivity contribution in [2.24, 2.45) is 0 Å². The highest BCUT2D eigenvalue weighted by Crippen LogP contribution is 2.34. The normalized spacial score (nSPS) is 20.3. The summed E-state index contributed by atoms with van der Waals surface area (Å²) in [4.78, 5) is 0. The number of rotatable bonds is 2. The van der Waals surface area contributed by atoms with Gasteiger partial charge in [-0.25, -0.2) is 0 Å². The zero-order chi connectivity index (χ0) is 13.3. The molecular weight excluding hydrogens is 244 g/mol. The van der Waals surface area contributed by atoms with E-state index in [9.17, 15) is 4.55 Å². The maximum absolute atomic E-state index is 12.1. The molecule has 2 atom stereocenters.